The standard InChI is InChI=1S/C22H21ClN2O3/c1-15-3-9-21(16(2)11-15)24-13-18-6-10-22(20(23)12-18)28-14-17-4-7-19(8-5-17)25(26)27/h3-12,24H,13-14H2,1-2H3. The van der Waals surface area contributed by atoms with Crippen LogP contribution in [-0.2, 0) is 13.2 Å². The van der Waals surface area contributed by atoms with Crippen LogP contribution in [0.5, 0.6) is 5.75 Å². The van der Waals surface area contributed by atoms with Crippen molar-refractivity contribution in [3.63, 3.8) is 0 Å². The van der Waals surface area contributed by atoms with Gasteiger partial charge in [-0.05, 0) is 60.9 Å². The number of aryl methyl sites for hydroxylation is 2. The fraction of sp³-hybridized carbons (Fsp3) is 0.182. The Labute approximate surface area is 169 Å². The molecule has 0 bridgehead atoms. The number of nitrogens with zero attached hydrogens (tertiary/aromatic N) is 1. The average Bonchev–Trinajstić information content (AvgIpc) is 2.67. The van der Waals surface area contributed by atoms with Crippen LogP contribution in [0.3, 0.4) is 0 Å². The van der Waals surface area contributed by atoms with Gasteiger partial charge in [-0.3, -0.25) is 10.1 Å². The van der Waals surface area contributed by atoms with Gasteiger partial charge in [0, 0.05) is 24.4 Å². The lowest BCUT2D eigenvalue weighted by atomic mass is 10.1. The second kappa shape index (κ2) is 8.76. The summed E-state index contributed by atoms with van der Waals surface area (Å²) in [6.45, 7) is 5.10. The minimum Gasteiger partial charge on any atom is -0.487 e. The second-order valence-corrected chi connectivity index (χ2v) is 7.06. The zero-order chi connectivity index (χ0) is 20.1. The lowest BCUT2D eigenvalue weighted by Crippen LogP contribution is -2.02. The zero-order valence-electron chi connectivity index (χ0n) is 15.7. The van der Waals surface area contributed by atoms with Crippen molar-refractivity contribution >= 4 is 23.0 Å². The number of ether oxygens (including phenoxy) is 1. The number of anilines is 1. The number of non-ortho nitro benzene ring substituents is 1. The maximum atomic E-state index is 10.7. The second-order valence-electron chi connectivity index (χ2n) is 6.65. The Kier molecular flexibility index (Phi) is 6.16. The number of hydrogen-bond donors (Lipinski definition) is 1. The van der Waals surface area contributed by atoms with Crippen LogP contribution in [0, 0.1) is 24.0 Å². The van der Waals surface area contributed by atoms with Crippen molar-refractivity contribution < 1.29 is 9.66 Å². The van der Waals surface area contributed by atoms with Crippen LogP contribution in [0.15, 0.2) is 60.7 Å². The summed E-state index contributed by atoms with van der Waals surface area (Å²) in [6.07, 6.45) is 0. The molecule has 1 N–H and O–H groups in total. The third kappa shape index (κ3) is 5.02. The maximum absolute atomic E-state index is 10.7. The molecule has 144 valence electrons. The largest absolute Gasteiger partial charge is 0.487 e. The predicted molar refractivity (Wildman–Crippen MR) is 112 cm³/mol. The molecule has 0 radical (unpaired) electrons. The van der Waals surface area contributed by atoms with Crippen molar-refractivity contribution in [3.8, 4) is 5.75 Å². The van der Waals surface area contributed by atoms with Crippen molar-refractivity contribution in [1.29, 1.82) is 0 Å². The minimum absolute atomic E-state index is 0.0578. The van der Waals surface area contributed by atoms with Crippen LogP contribution < -0.4 is 10.1 Å². The Bertz CT molecular complexity index is 988. The number of halogens is 1. The highest BCUT2D eigenvalue weighted by atomic mass is 35.5. The van der Waals surface area contributed by atoms with Gasteiger partial charge in [-0.15, -0.1) is 0 Å². The van der Waals surface area contributed by atoms with E-state index in [1.807, 2.05) is 18.2 Å². The Morgan fingerprint density at radius 2 is 1.71 bits per heavy atom. The number of nitrogens with one attached hydrogen (secondary N) is 1. The van der Waals surface area contributed by atoms with Gasteiger partial charge >= 0.3 is 0 Å². The van der Waals surface area contributed by atoms with Crippen molar-refractivity contribution in [2.45, 2.75) is 27.0 Å². The molecule has 0 aliphatic carbocycles. The van der Waals surface area contributed by atoms with Gasteiger partial charge in [-0.1, -0.05) is 35.4 Å². The molecule has 0 saturated heterocycles. The van der Waals surface area contributed by atoms with Gasteiger partial charge in [-0.25, -0.2) is 0 Å². The molecule has 3 rings (SSSR count). The molecule has 3 aromatic rings. The van der Waals surface area contributed by atoms with Crippen molar-refractivity contribution in [3.05, 3.63) is 98.1 Å². The number of hydrogen-bond acceptors (Lipinski definition) is 4. The summed E-state index contributed by atoms with van der Waals surface area (Å²) in [5, 5.41) is 14.6. The smallest absolute Gasteiger partial charge is 0.269 e. The third-order valence-electron chi connectivity index (χ3n) is 4.40. The summed E-state index contributed by atoms with van der Waals surface area (Å²) < 4.78 is 5.75. The van der Waals surface area contributed by atoms with E-state index in [9.17, 15) is 10.1 Å². The van der Waals surface area contributed by atoms with Crippen molar-refractivity contribution in [1.82, 2.24) is 0 Å². The molecule has 28 heavy (non-hydrogen) atoms. The van der Waals surface area contributed by atoms with Gasteiger partial charge in [0.2, 0.25) is 0 Å². The quantitative estimate of drug-likeness (QED) is 0.389. The summed E-state index contributed by atoms with van der Waals surface area (Å²) in [6, 6.07) is 18.3. The van der Waals surface area contributed by atoms with Gasteiger partial charge in [-0.2, -0.15) is 0 Å². The molecule has 5 nitrogen and oxygen atoms in total. The predicted octanol–water partition coefficient (Wildman–Crippen LogP) is 6.06. The van der Waals surface area contributed by atoms with E-state index in [0.717, 1.165) is 16.8 Å². The first-order chi connectivity index (χ1) is 13.4. The van der Waals surface area contributed by atoms with E-state index in [-0.39, 0.29) is 12.3 Å². The fourth-order valence-corrected chi connectivity index (χ4v) is 3.11. The maximum Gasteiger partial charge on any atom is 0.269 e. The topological polar surface area (TPSA) is 64.4 Å². The third-order valence-corrected chi connectivity index (χ3v) is 4.70. The Morgan fingerprint density at radius 1 is 1.00 bits per heavy atom. The molecule has 0 aliphatic rings. The van der Waals surface area contributed by atoms with Crippen LogP contribution in [0.2, 0.25) is 5.02 Å². The number of nitro groups is 1. The number of benzene rings is 3. The van der Waals surface area contributed by atoms with Crippen molar-refractivity contribution in [2.24, 2.45) is 0 Å². The molecule has 0 aliphatic heterocycles. The van der Waals surface area contributed by atoms with E-state index in [2.05, 4.69) is 37.4 Å². The van der Waals surface area contributed by atoms with E-state index in [4.69, 9.17) is 16.3 Å². The monoisotopic (exact) mass is 396 g/mol. The van der Waals surface area contributed by atoms with E-state index in [0.29, 0.717) is 17.3 Å². The minimum atomic E-state index is -0.424. The molecular formula is C22H21ClN2O3. The van der Waals surface area contributed by atoms with Crippen molar-refractivity contribution in [2.75, 3.05) is 5.32 Å². The Balaban J connectivity index is 1.59. The van der Waals surface area contributed by atoms with Gasteiger partial charge in [0.05, 0.1) is 9.95 Å². The van der Waals surface area contributed by atoms with Crippen LogP contribution in [0.25, 0.3) is 0 Å². The van der Waals surface area contributed by atoms with E-state index in [1.54, 1.807) is 12.1 Å². The molecule has 0 fully saturated rings. The lowest BCUT2D eigenvalue weighted by Gasteiger charge is -2.12. The normalized spacial score (nSPS) is 10.5. The molecule has 3 aromatic carbocycles. The van der Waals surface area contributed by atoms with Gasteiger partial charge in [0.15, 0.2) is 0 Å². The summed E-state index contributed by atoms with van der Waals surface area (Å²) in [5.41, 5.74) is 5.48. The van der Waals surface area contributed by atoms with E-state index >= 15 is 0 Å². The molecule has 0 aromatic heterocycles. The van der Waals surface area contributed by atoms with Crippen LogP contribution in [0.4, 0.5) is 11.4 Å². The van der Waals surface area contributed by atoms with Crippen LogP contribution in [-0.4, -0.2) is 4.92 Å². The van der Waals surface area contributed by atoms with Gasteiger partial charge in [0.25, 0.3) is 5.69 Å². The fourth-order valence-electron chi connectivity index (χ4n) is 2.86. The summed E-state index contributed by atoms with van der Waals surface area (Å²) >= 11 is 6.35. The average molecular weight is 397 g/mol. The molecule has 6 heteroatoms. The Morgan fingerprint density at radius 3 is 2.36 bits per heavy atom. The van der Waals surface area contributed by atoms with E-state index < -0.39 is 4.92 Å². The number of rotatable bonds is 7. The summed E-state index contributed by atoms with van der Waals surface area (Å²) in [4.78, 5) is 10.3. The van der Waals surface area contributed by atoms with E-state index in [1.165, 1.54) is 23.3 Å². The highest BCUT2D eigenvalue weighted by Gasteiger charge is 2.07. The molecule has 0 atom stereocenters. The first-order valence-corrected chi connectivity index (χ1v) is 9.26. The Hall–Kier alpha value is -3.05. The van der Waals surface area contributed by atoms with Gasteiger partial charge < -0.3 is 10.1 Å². The SMILES string of the molecule is Cc1ccc(NCc2ccc(OCc3ccc([N+](=O)[O-])cc3)c(Cl)c2)c(C)c1. The molecule has 0 unspecified atom stereocenters. The number of nitro benzene ring substituents is 1. The molecular weight excluding hydrogens is 376 g/mol. The first-order valence-electron chi connectivity index (χ1n) is 8.88. The zero-order valence-corrected chi connectivity index (χ0v) is 16.5. The lowest BCUT2D eigenvalue weighted by molar-refractivity contribution is -0.384. The van der Waals surface area contributed by atoms with Crippen LogP contribution >= 0.6 is 11.6 Å². The first kappa shape index (κ1) is 19.7. The molecule has 0 amide bonds. The van der Waals surface area contributed by atoms with Gasteiger partial charge in [0.1, 0.15) is 12.4 Å². The highest BCUT2D eigenvalue weighted by molar-refractivity contribution is 6.32. The van der Waals surface area contributed by atoms with Crippen LogP contribution in [0.1, 0.15) is 22.3 Å². The molecule has 0 saturated carbocycles. The summed E-state index contributed by atoms with van der Waals surface area (Å²) in [5.74, 6) is 0.579. The summed E-state index contributed by atoms with van der Waals surface area (Å²) in [7, 11) is 0. The highest BCUT2D eigenvalue weighted by Crippen LogP contribution is 2.27. The molecule has 0 spiro atoms. The molecule has 0 heterocycles.